The van der Waals surface area contributed by atoms with Gasteiger partial charge in [0.25, 0.3) is 0 Å². The van der Waals surface area contributed by atoms with Gasteiger partial charge in [0.15, 0.2) is 11.5 Å². The van der Waals surface area contributed by atoms with Gasteiger partial charge in [-0.3, -0.25) is 0 Å². The van der Waals surface area contributed by atoms with Gasteiger partial charge in [0, 0.05) is 6.42 Å². The van der Waals surface area contributed by atoms with Crippen LogP contribution in [0.3, 0.4) is 0 Å². The Hall–Kier alpha value is -1.22. The van der Waals surface area contributed by atoms with E-state index in [-0.39, 0.29) is 0 Å². The molecule has 1 heterocycles. The number of benzene rings is 1. The fourth-order valence-corrected chi connectivity index (χ4v) is 1.97. The molecule has 2 N–H and O–H groups in total. The van der Waals surface area contributed by atoms with Crippen molar-refractivity contribution < 1.29 is 9.47 Å². The molecule has 0 unspecified atom stereocenters. The highest BCUT2D eigenvalue weighted by molar-refractivity contribution is 5.49. The largest absolute Gasteiger partial charge is 0.490 e. The SMILES string of the molecule is Cc1cc(CCCN)cc2c1OCCCO2. The van der Waals surface area contributed by atoms with Crippen molar-refractivity contribution in [3.63, 3.8) is 0 Å². The maximum Gasteiger partial charge on any atom is 0.164 e. The standard InChI is InChI=1S/C13H19NO2/c1-10-8-11(4-2-5-14)9-12-13(10)16-7-3-6-15-12/h8-9H,2-7,14H2,1H3. The van der Waals surface area contributed by atoms with Crippen molar-refractivity contribution in [2.24, 2.45) is 5.73 Å². The van der Waals surface area contributed by atoms with Crippen LogP contribution in [0.1, 0.15) is 24.0 Å². The zero-order valence-electron chi connectivity index (χ0n) is 9.79. The zero-order valence-corrected chi connectivity index (χ0v) is 9.79. The molecular formula is C13H19NO2. The highest BCUT2D eigenvalue weighted by Crippen LogP contribution is 2.34. The maximum atomic E-state index is 5.69. The molecule has 1 aromatic carbocycles. The molecule has 0 spiro atoms. The molecule has 0 amide bonds. The monoisotopic (exact) mass is 221 g/mol. The fraction of sp³-hybridized carbons (Fsp3) is 0.538. The summed E-state index contributed by atoms with van der Waals surface area (Å²) in [7, 11) is 0. The van der Waals surface area contributed by atoms with E-state index in [1.165, 1.54) is 5.56 Å². The number of aryl methyl sites for hydroxylation is 2. The molecule has 0 aromatic heterocycles. The Morgan fingerprint density at radius 2 is 2.06 bits per heavy atom. The van der Waals surface area contributed by atoms with Gasteiger partial charge in [-0.1, -0.05) is 6.07 Å². The van der Waals surface area contributed by atoms with E-state index in [1.54, 1.807) is 0 Å². The first-order valence-corrected chi connectivity index (χ1v) is 5.90. The first-order valence-electron chi connectivity index (χ1n) is 5.90. The average molecular weight is 221 g/mol. The minimum absolute atomic E-state index is 0.730. The van der Waals surface area contributed by atoms with Crippen LogP contribution in [0.4, 0.5) is 0 Å². The molecule has 0 atom stereocenters. The van der Waals surface area contributed by atoms with Gasteiger partial charge >= 0.3 is 0 Å². The van der Waals surface area contributed by atoms with Crippen molar-refractivity contribution >= 4 is 0 Å². The Bertz CT molecular complexity index is 363. The van der Waals surface area contributed by atoms with E-state index in [1.807, 2.05) is 0 Å². The average Bonchev–Trinajstić information content (AvgIpc) is 2.51. The van der Waals surface area contributed by atoms with Gasteiger partial charge in [0.2, 0.25) is 0 Å². The van der Waals surface area contributed by atoms with Gasteiger partial charge in [0.05, 0.1) is 13.2 Å². The minimum Gasteiger partial charge on any atom is -0.490 e. The van der Waals surface area contributed by atoms with Crippen LogP contribution in [0.25, 0.3) is 0 Å². The van der Waals surface area contributed by atoms with Gasteiger partial charge in [-0.2, -0.15) is 0 Å². The molecule has 1 aliphatic rings. The Kier molecular flexibility index (Phi) is 3.67. The van der Waals surface area contributed by atoms with E-state index >= 15 is 0 Å². The van der Waals surface area contributed by atoms with E-state index in [9.17, 15) is 0 Å². The number of hydrogen-bond acceptors (Lipinski definition) is 3. The number of rotatable bonds is 3. The molecule has 0 bridgehead atoms. The molecule has 0 aliphatic carbocycles. The molecule has 1 aromatic rings. The van der Waals surface area contributed by atoms with Crippen molar-refractivity contribution in [3.8, 4) is 11.5 Å². The zero-order chi connectivity index (χ0) is 11.4. The smallest absolute Gasteiger partial charge is 0.164 e. The molecule has 88 valence electrons. The van der Waals surface area contributed by atoms with Gasteiger partial charge in [-0.25, -0.2) is 0 Å². The Labute approximate surface area is 96.5 Å². The van der Waals surface area contributed by atoms with Gasteiger partial charge < -0.3 is 15.2 Å². The van der Waals surface area contributed by atoms with Gasteiger partial charge in [-0.15, -0.1) is 0 Å². The van der Waals surface area contributed by atoms with Crippen LogP contribution < -0.4 is 15.2 Å². The highest BCUT2D eigenvalue weighted by atomic mass is 16.5. The van der Waals surface area contributed by atoms with Gasteiger partial charge in [-0.05, 0) is 43.5 Å². The number of hydrogen-bond donors (Lipinski definition) is 1. The Balaban J connectivity index is 2.24. The van der Waals surface area contributed by atoms with Crippen LogP contribution in [0, 0.1) is 6.92 Å². The number of ether oxygens (including phenoxy) is 2. The molecule has 0 fully saturated rings. The third-order valence-electron chi connectivity index (χ3n) is 2.76. The molecule has 0 radical (unpaired) electrons. The lowest BCUT2D eigenvalue weighted by Gasteiger charge is -2.12. The Morgan fingerprint density at radius 1 is 1.25 bits per heavy atom. The van der Waals surface area contributed by atoms with E-state index in [0.717, 1.165) is 56.1 Å². The fourth-order valence-electron chi connectivity index (χ4n) is 1.97. The topological polar surface area (TPSA) is 44.5 Å². The summed E-state index contributed by atoms with van der Waals surface area (Å²) in [5.74, 6) is 1.80. The minimum atomic E-state index is 0.730. The molecule has 3 heteroatoms. The first kappa shape index (κ1) is 11.3. The summed E-state index contributed by atoms with van der Waals surface area (Å²) in [4.78, 5) is 0. The molecule has 0 saturated heterocycles. The summed E-state index contributed by atoms with van der Waals surface area (Å²) in [6, 6.07) is 4.26. The molecule has 2 rings (SSSR count). The van der Waals surface area contributed by atoms with Gasteiger partial charge in [0.1, 0.15) is 0 Å². The Morgan fingerprint density at radius 3 is 2.88 bits per heavy atom. The molecular weight excluding hydrogens is 202 g/mol. The van der Waals surface area contributed by atoms with Crippen molar-refractivity contribution in [2.75, 3.05) is 19.8 Å². The molecule has 3 nitrogen and oxygen atoms in total. The summed E-state index contributed by atoms with van der Waals surface area (Å²) in [5.41, 5.74) is 7.96. The first-order chi connectivity index (χ1) is 7.81. The van der Waals surface area contributed by atoms with E-state index < -0.39 is 0 Å². The maximum absolute atomic E-state index is 5.69. The number of nitrogens with two attached hydrogens (primary N) is 1. The van der Waals surface area contributed by atoms with E-state index in [4.69, 9.17) is 15.2 Å². The summed E-state index contributed by atoms with van der Waals surface area (Å²) in [5, 5.41) is 0. The van der Waals surface area contributed by atoms with Crippen molar-refractivity contribution in [2.45, 2.75) is 26.2 Å². The van der Waals surface area contributed by atoms with E-state index in [2.05, 4.69) is 19.1 Å². The lowest BCUT2D eigenvalue weighted by atomic mass is 10.1. The van der Waals surface area contributed by atoms with Crippen LogP contribution in [0.2, 0.25) is 0 Å². The lowest BCUT2D eigenvalue weighted by Crippen LogP contribution is -2.01. The molecule has 0 saturated carbocycles. The summed E-state index contributed by atoms with van der Waals surface area (Å²) >= 11 is 0. The van der Waals surface area contributed by atoms with Crippen LogP contribution >= 0.6 is 0 Å². The van der Waals surface area contributed by atoms with Crippen LogP contribution in [-0.2, 0) is 6.42 Å². The second kappa shape index (κ2) is 5.21. The van der Waals surface area contributed by atoms with Crippen molar-refractivity contribution in [1.82, 2.24) is 0 Å². The predicted octanol–water partition coefficient (Wildman–Crippen LogP) is 2.05. The molecule has 1 aliphatic heterocycles. The van der Waals surface area contributed by atoms with E-state index in [0.29, 0.717) is 0 Å². The van der Waals surface area contributed by atoms with Crippen LogP contribution in [0.15, 0.2) is 12.1 Å². The van der Waals surface area contributed by atoms with Crippen LogP contribution in [-0.4, -0.2) is 19.8 Å². The van der Waals surface area contributed by atoms with Crippen molar-refractivity contribution in [3.05, 3.63) is 23.3 Å². The van der Waals surface area contributed by atoms with Crippen LogP contribution in [0.5, 0.6) is 11.5 Å². The summed E-state index contributed by atoms with van der Waals surface area (Å²) < 4.78 is 11.4. The summed E-state index contributed by atoms with van der Waals surface area (Å²) in [6.07, 6.45) is 2.97. The third-order valence-corrected chi connectivity index (χ3v) is 2.76. The second-order valence-electron chi connectivity index (χ2n) is 4.18. The number of fused-ring (bicyclic) bond motifs is 1. The van der Waals surface area contributed by atoms with Crippen molar-refractivity contribution in [1.29, 1.82) is 0 Å². The third kappa shape index (κ3) is 2.47. The quantitative estimate of drug-likeness (QED) is 0.849. The predicted molar refractivity (Wildman–Crippen MR) is 64.2 cm³/mol. The highest BCUT2D eigenvalue weighted by Gasteiger charge is 2.13. The normalized spacial score (nSPS) is 14.6. The lowest BCUT2D eigenvalue weighted by molar-refractivity contribution is 0.296. The second-order valence-corrected chi connectivity index (χ2v) is 4.18. The molecule has 16 heavy (non-hydrogen) atoms. The summed E-state index contributed by atoms with van der Waals surface area (Å²) in [6.45, 7) is 4.29.